The fourth-order valence-corrected chi connectivity index (χ4v) is 4.43. The average Bonchev–Trinajstić information content (AvgIpc) is 2.97. The van der Waals surface area contributed by atoms with Crippen LogP contribution < -0.4 is 14.8 Å². The molecular weight excluding hydrogens is 558 g/mol. The van der Waals surface area contributed by atoms with Gasteiger partial charge in [-0.15, -0.1) is 0 Å². The third-order valence-corrected chi connectivity index (χ3v) is 6.75. The maximum Gasteiger partial charge on any atom is 0.364 e. The van der Waals surface area contributed by atoms with E-state index in [2.05, 4.69) is 5.32 Å². The number of hydrogen-bond acceptors (Lipinski definition) is 15. The van der Waals surface area contributed by atoms with E-state index in [1.165, 1.54) is 19.2 Å². The van der Waals surface area contributed by atoms with Gasteiger partial charge in [-0.2, -0.15) is 0 Å². The molecular formula is C24H35NO16. The number of ether oxygens (including phenoxy) is 5. The number of amides is 1. The molecule has 1 amide bonds. The zero-order chi connectivity index (χ0) is 30.5. The van der Waals surface area contributed by atoms with Crippen LogP contribution in [0.5, 0.6) is 11.5 Å². The van der Waals surface area contributed by atoms with Gasteiger partial charge in [0.2, 0.25) is 12.2 Å². The molecule has 1 aromatic carbocycles. The Hall–Kier alpha value is -2.68. The molecule has 1 aromatic rings. The third kappa shape index (κ3) is 7.40. The molecule has 2 aliphatic rings. The number of methoxy groups -OCH3 is 1. The van der Waals surface area contributed by atoms with Gasteiger partial charge in [0, 0.05) is 6.42 Å². The highest BCUT2D eigenvalue weighted by atomic mass is 16.7. The minimum absolute atomic E-state index is 0.189. The Kier molecular flexibility index (Phi) is 11.2. The zero-order valence-corrected chi connectivity index (χ0v) is 21.8. The Bertz CT molecular complexity index is 1010. The van der Waals surface area contributed by atoms with E-state index in [4.69, 9.17) is 28.8 Å². The Morgan fingerprint density at radius 3 is 2.24 bits per heavy atom. The van der Waals surface area contributed by atoms with E-state index in [1.807, 2.05) is 0 Å². The van der Waals surface area contributed by atoms with Gasteiger partial charge in [0.15, 0.2) is 0 Å². The van der Waals surface area contributed by atoms with E-state index in [0.29, 0.717) is 5.75 Å². The van der Waals surface area contributed by atoms with Gasteiger partial charge in [0.25, 0.3) is 5.79 Å². The fraction of sp³-hybridized carbons (Fsp3) is 0.667. The summed E-state index contributed by atoms with van der Waals surface area (Å²) in [6.07, 6.45) is -17.0. The van der Waals surface area contributed by atoms with Crippen molar-refractivity contribution >= 4 is 11.9 Å². The summed E-state index contributed by atoms with van der Waals surface area (Å²) in [6.45, 7) is -2.86. The van der Waals surface area contributed by atoms with Crippen LogP contribution in [-0.2, 0) is 23.8 Å². The molecule has 232 valence electrons. The number of nitrogens with one attached hydrogen (secondary N) is 1. The van der Waals surface area contributed by atoms with Crippen LogP contribution in [0.3, 0.4) is 0 Å². The Morgan fingerprint density at radius 2 is 1.68 bits per heavy atom. The van der Waals surface area contributed by atoms with Crippen molar-refractivity contribution in [3.05, 3.63) is 24.3 Å². The molecule has 3 rings (SSSR count). The molecule has 2 aliphatic heterocycles. The molecule has 0 bridgehead atoms. The molecule has 11 atom stereocenters. The number of benzene rings is 1. The van der Waals surface area contributed by atoms with Gasteiger partial charge >= 0.3 is 5.97 Å². The normalized spacial score (nSPS) is 35.2. The molecule has 10 N–H and O–H groups in total. The van der Waals surface area contributed by atoms with E-state index < -0.39 is 105 Å². The van der Waals surface area contributed by atoms with Crippen LogP contribution in [0.1, 0.15) is 6.42 Å². The lowest BCUT2D eigenvalue weighted by molar-refractivity contribution is -0.332. The highest BCUT2D eigenvalue weighted by Crippen LogP contribution is 2.35. The summed E-state index contributed by atoms with van der Waals surface area (Å²) in [5.74, 6) is -4.92. The maximum atomic E-state index is 12.3. The molecule has 2 saturated heterocycles. The van der Waals surface area contributed by atoms with Gasteiger partial charge < -0.3 is 75.0 Å². The highest BCUT2D eigenvalue weighted by Gasteiger charge is 2.57. The summed E-state index contributed by atoms with van der Waals surface area (Å²) >= 11 is 0. The van der Waals surface area contributed by atoms with Crippen LogP contribution >= 0.6 is 0 Å². The van der Waals surface area contributed by atoms with Crippen molar-refractivity contribution in [1.29, 1.82) is 0 Å². The molecule has 0 unspecified atom stereocenters. The Balaban J connectivity index is 1.81. The van der Waals surface area contributed by atoms with Crippen molar-refractivity contribution in [2.45, 2.75) is 73.4 Å². The maximum absolute atomic E-state index is 12.3. The largest absolute Gasteiger partial charge is 0.497 e. The predicted octanol–water partition coefficient (Wildman–Crippen LogP) is -4.98. The first-order valence-corrected chi connectivity index (χ1v) is 12.5. The lowest BCUT2D eigenvalue weighted by Crippen LogP contribution is -2.68. The number of aliphatic carboxylic acids is 1. The number of aliphatic hydroxyl groups excluding tert-OH is 8. The molecule has 0 aromatic heterocycles. The molecule has 41 heavy (non-hydrogen) atoms. The number of carboxylic acids is 1. The van der Waals surface area contributed by atoms with E-state index >= 15 is 0 Å². The number of carbonyl (C=O) groups is 2. The summed E-state index contributed by atoms with van der Waals surface area (Å²) in [4.78, 5) is 24.1. The van der Waals surface area contributed by atoms with Crippen LogP contribution in [0.2, 0.25) is 0 Å². The predicted molar refractivity (Wildman–Crippen MR) is 130 cm³/mol. The number of hydrogen-bond donors (Lipinski definition) is 10. The minimum Gasteiger partial charge on any atom is -0.497 e. The van der Waals surface area contributed by atoms with Crippen molar-refractivity contribution in [1.82, 2.24) is 5.32 Å². The highest BCUT2D eigenvalue weighted by molar-refractivity contribution is 5.78. The van der Waals surface area contributed by atoms with E-state index in [9.17, 15) is 50.4 Å². The minimum atomic E-state index is -2.77. The zero-order valence-electron chi connectivity index (χ0n) is 21.8. The summed E-state index contributed by atoms with van der Waals surface area (Å²) in [7, 11) is 1.45. The third-order valence-electron chi connectivity index (χ3n) is 6.75. The molecule has 0 aliphatic carbocycles. The van der Waals surface area contributed by atoms with Crippen molar-refractivity contribution in [2.75, 3.05) is 26.9 Å². The Morgan fingerprint density at radius 1 is 1.05 bits per heavy atom. The second-order valence-corrected chi connectivity index (χ2v) is 9.52. The van der Waals surface area contributed by atoms with E-state index in [1.54, 1.807) is 12.1 Å². The molecule has 17 nitrogen and oxygen atoms in total. The van der Waals surface area contributed by atoms with E-state index in [0.717, 1.165) is 0 Å². The van der Waals surface area contributed by atoms with E-state index in [-0.39, 0.29) is 5.75 Å². The molecule has 0 radical (unpaired) electrons. The first-order valence-electron chi connectivity index (χ1n) is 12.5. The van der Waals surface area contributed by atoms with Gasteiger partial charge in [-0.05, 0) is 24.3 Å². The summed E-state index contributed by atoms with van der Waals surface area (Å²) < 4.78 is 27.1. The van der Waals surface area contributed by atoms with Crippen LogP contribution in [0.25, 0.3) is 0 Å². The van der Waals surface area contributed by atoms with Crippen LogP contribution in [-0.4, -0.2) is 152 Å². The molecule has 0 saturated carbocycles. The monoisotopic (exact) mass is 593 g/mol. The summed E-state index contributed by atoms with van der Waals surface area (Å²) in [5.41, 5.74) is 0. The number of rotatable bonds is 12. The quantitative estimate of drug-likeness (QED) is 0.109. The second kappa shape index (κ2) is 14.0. The molecule has 2 heterocycles. The van der Waals surface area contributed by atoms with Crippen LogP contribution in [0.4, 0.5) is 0 Å². The van der Waals surface area contributed by atoms with Crippen molar-refractivity contribution in [2.24, 2.45) is 0 Å². The number of aliphatic hydroxyl groups is 8. The standard InChI is InChI=1S/C24H35NO16/c1-37-10-2-4-11(5-3-10)39-22-20(34)19(33)18(32)14(40-22)9-38-24(23(35)36)6-12(28)16(25-15(30)8-27)21(41-24)17(31)13(29)7-26/h2-5,12-14,16-22,26-29,31-34H,6-9H2,1H3,(H,25,30)(H,35,36)/t12-,13+,14+,16-,17+,18-,19-,20+,21+,22+,24+/m0/s1. The van der Waals surface area contributed by atoms with Gasteiger partial charge in [-0.1, -0.05) is 0 Å². The van der Waals surface area contributed by atoms with Gasteiger partial charge in [-0.3, -0.25) is 4.79 Å². The number of carbonyl (C=O) groups excluding carboxylic acids is 1. The molecule has 2 fully saturated rings. The van der Waals surface area contributed by atoms with Crippen LogP contribution in [0, 0.1) is 0 Å². The van der Waals surface area contributed by atoms with Crippen molar-refractivity contribution < 1.29 is 79.2 Å². The topological polar surface area (TPSA) is 274 Å². The lowest BCUT2D eigenvalue weighted by Gasteiger charge is -2.47. The second-order valence-electron chi connectivity index (χ2n) is 9.52. The van der Waals surface area contributed by atoms with Gasteiger partial charge in [0.05, 0.1) is 32.5 Å². The number of carboxylic acid groups (broad SMARTS) is 1. The van der Waals surface area contributed by atoms with Crippen molar-refractivity contribution in [3.8, 4) is 11.5 Å². The van der Waals surface area contributed by atoms with Crippen molar-refractivity contribution in [3.63, 3.8) is 0 Å². The SMILES string of the molecule is COc1ccc(O[C@@H]2O[C@H](CO[C@]3(C(=O)O)C[C@H](O)[C@H](NC(=O)CO)[C@H]([C@H](O)[C@H](O)CO)O3)[C@H](O)[C@H](O)[C@H]2O)cc1. The first-order chi connectivity index (χ1) is 19.4. The summed E-state index contributed by atoms with van der Waals surface area (Å²) in [5, 5.41) is 92.8. The molecule has 0 spiro atoms. The van der Waals surface area contributed by atoms with Crippen LogP contribution in [0.15, 0.2) is 24.3 Å². The fourth-order valence-electron chi connectivity index (χ4n) is 4.43. The lowest BCUT2D eigenvalue weighted by atomic mass is 9.88. The van der Waals surface area contributed by atoms with Gasteiger partial charge in [-0.25, -0.2) is 4.79 Å². The first kappa shape index (κ1) is 32.8. The van der Waals surface area contributed by atoms with Gasteiger partial charge in [0.1, 0.15) is 60.8 Å². The average molecular weight is 594 g/mol. The molecule has 17 heteroatoms. The summed E-state index contributed by atoms with van der Waals surface area (Å²) in [6, 6.07) is 4.50. The Labute approximate surface area is 233 Å². The smallest absolute Gasteiger partial charge is 0.364 e.